The van der Waals surface area contributed by atoms with E-state index in [4.69, 9.17) is 10.8 Å². The molecule has 0 saturated carbocycles. The van der Waals surface area contributed by atoms with E-state index in [1.54, 1.807) is 12.1 Å². The van der Waals surface area contributed by atoms with E-state index < -0.39 is 0 Å². The van der Waals surface area contributed by atoms with E-state index in [9.17, 15) is 0 Å². The average Bonchev–Trinajstić information content (AvgIpc) is 2.07. The highest BCUT2D eigenvalue weighted by Crippen LogP contribution is 2.10. The van der Waals surface area contributed by atoms with E-state index in [0.717, 1.165) is 13.1 Å². The molecule has 0 heterocycles. The Kier molecular flexibility index (Phi) is 3.92. The van der Waals surface area contributed by atoms with Crippen LogP contribution in [0.4, 0.5) is 0 Å². The molecule has 3 nitrogen and oxygen atoms in total. The fraction of sp³-hybridized carbons (Fsp3) is 0.455. The largest absolute Gasteiger partial charge is 0.508 e. The molecule has 1 aromatic carbocycles. The smallest absolute Gasteiger partial charge is 0.115 e. The highest BCUT2D eigenvalue weighted by atomic mass is 16.3. The first-order valence-corrected chi connectivity index (χ1v) is 4.80. The summed E-state index contributed by atoms with van der Waals surface area (Å²) < 4.78 is 0. The van der Waals surface area contributed by atoms with Gasteiger partial charge in [-0.3, -0.25) is 0 Å². The van der Waals surface area contributed by atoms with Gasteiger partial charge < -0.3 is 15.7 Å². The number of phenolic OH excluding ortho intramolecular Hbond substituents is 1. The number of hydrogen-bond acceptors (Lipinski definition) is 3. The lowest BCUT2D eigenvalue weighted by Crippen LogP contribution is -2.32. The topological polar surface area (TPSA) is 49.5 Å². The Hall–Kier alpha value is -1.06. The van der Waals surface area contributed by atoms with Gasteiger partial charge in [-0.25, -0.2) is 0 Å². The van der Waals surface area contributed by atoms with E-state index in [1.807, 2.05) is 26.1 Å². The van der Waals surface area contributed by atoms with Crippen LogP contribution < -0.4 is 5.73 Å². The van der Waals surface area contributed by atoms with Gasteiger partial charge in [0.05, 0.1) is 0 Å². The molecule has 1 unspecified atom stereocenters. The fourth-order valence-electron chi connectivity index (χ4n) is 1.47. The van der Waals surface area contributed by atoms with Gasteiger partial charge in [0.2, 0.25) is 0 Å². The number of likely N-dealkylation sites (N-methyl/N-ethyl adjacent to an activating group) is 1. The normalized spacial score (nSPS) is 13.1. The summed E-state index contributed by atoms with van der Waals surface area (Å²) in [5.74, 6) is 0.309. The summed E-state index contributed by atoms with van der Waals surface area (Å²) in [7, 11) is 2.04. The van der Waals surface area contributed by atoms with Gasteiger partial charge in [-0.2, -0.15) is 0 Å². The molecule has 0 radical (unpaired) electrons. The molecule has 78 valence electrons. The van der Waals surface area contributed by atoms with E-state index in [0.29, 0.717) is 5.75 Å². The Bertz CT molecular complexity index is 269. The molecule has 0 fully saturated rings. The third-order valence-electron chi connectivity index (χ3n) is 1.99. The number of aromatic hydroxyl groups is 1. The summed E-state index contributed by atoms with van der Waals surface area (Å²) in [6.45, 7) is 3.73. The van der Waals surface area contributed by atoms with Crippen molar-refractivity contribution >= 4 is 0 Å². The minimum Gasteiger partial charge on any atom is -0.508 e. The molecule has 0 spiro atoms. The molecule has 1 aromatic rings. The summed E-state index contributed by atoms with van der Waals surface area (Å²) in [4.78, 5) is 2.16. The molecular weight excluding hydrogens is 176 g/mol. The number of rotatable bonds is 4. The van der Waals surface area contributed by atoms with Crippen molar-refractivity contribution in [2.75, 3.05) is 13.6 Å². The van der Waals surface area contributed by atoms with Crippen molar-refractivity contribution in [3.05, 3.63) is 29.8 Å². The van der Waals surface area contributed by atoms with Crippen molar-refractivity contribution in [2.24, 2.45) is 5.73 Å². The van der Waals surface area contributed by atoms with Crippen LogP contribution in [-0.2, 0) is 6.54 Å². The Morgan fingerprint density at radius 2 is 1.93 bits per heavy atom. The average molecular weight is 194 g/mol. The summed E-state index contributed by atoms with van der Waals surface area (Å²) in [6.07, 6.45) is 0. The van der Waals surface area contributed by atoms with Crippen molar-refractivity contribution in [2.45, 2.75) is 19.5 Å². The van der Waals surface area contributed by atoms with E-state index in [1.165, 1.54) is 5.56 Å². The highest BCUT2D eigenvalue weighted by Gasteiger charge is 2.02. The van der Waals surface area contributed by atoms with Gasteiger partial charge in [-0.15, -0.1) is 0 Å². The van der Waals surface area contributed by atoms with Crippen LogP contribution in [0.25, 0.3) is 0 Å². The Balaban J connectivity index is 2.47. The van der Waals surface area contributed by atoms with Crippen LogP contribution in [0.1, 0.15) is 12.5 Å². The predicted molar refractivity (Wildman–Crippen MR) is 58.1 cm³/mol. The van der Waals surface area contributed by atoms with Crippen molar-refractivity contribution in [1.29, 1.82) is 0 Å². The van der Waals surface area contributed by atoms with Crippen LogP contribution in [0.2, 0.25) is 0 Å². The van der Waals surface area contributed by atoms with Gasteiger partial charge in [0.25, 0.3) is 0 Å². The van der Waals surface area contributed by atoms with E-state index in [2.05, 4.69) is 4.90 Å². The molecule has 0 aromatic heterocycles. The van der Waals surface area contributed by atoms with Crippen LogP contribution in [0.5, 0.6) is 5.75 Å². The zero-order chi connectivity index (χ0) is 10.6. The lowest BCUT2D eigenvalue weighted by molar-refractivity contribution is 0.310. The van der Waals surface area contributed by atoms with Crippen LogP contribution in [0.15, 0.2) is 24.3 Å². The van der Waals surface area contributed by atoms with Crippen molar-refractivity contribution in [3.63, 3.8) is 0 Å². The second-order valence-electron chi connectivity index (χ2n) is 3.84. The molecule has 0 aliphatic rings. The molecule has 0 aliphatic heterocycles. The Morgan fingerprint density at radius 1 is 1.36 bits per heavy atom. The quantitative estimate of drug-likeness (QED) is 0.756. The second kappa shape index (κ2) is 4.98. The summed E-state index contributed by atoms with van der Waals surface area (Å²) in [6, 6.07) is 7.45. The molecule has 14 heavy (non-hydrogen) atoms. The monoisotopic (exact) mass is 194 g/mol. The first-order chi connectivity index (χ1) is 6.58. The number of hydrogen-bond donors (Lipinski definition) is 2. The van der Waals surface area contributed by atoms with Crippen LogP contribution >= 0.6 is 0 Å². The lowest BCUT2D eigenvalue weighted by Gasteiger charge is -2.18. The molecule has 0 saturated heterocycles. The first kappa shape index (κ1) is 11.0. The Morgan fingerprint density at radius 3 is 2.43 bits per heavy atom. The molecule has 0 aliphatic carbocycles. The summed E-state index contributed by atoms with van der Waals surface area (Å²) in [5.41, 5.74) is 6.88. The molecule has 0 bridgehead atoms. The number of nitrogens with zero attached hydrogens (tertiary/aromatic N) is 1. The highest BCUT2D eigenvalue weighted by molar-refractivity contribution is 5.25. The zero-order valence-corrected chi connectivity index (χ0v) is 8.77. The van der Waals surface area contributed by atoms with Gasteiger partial charge in [-0.1, -0.05) is 12.1 Å². The van der Waals surface area contributed by atoms with Gasteiger partial charge >= 0.3 is 0 Å². The number of nitrogens with two attached hydrogens (primary N) is 1. The lowest BCUT2D eigenvalue weighted by atomic mass is 10.2. The van der Waals surface area contributed by atoms with E-state index >= 15 is 0 Å². The molecule has 1 rings (SSSR count). The molecular formula is C11H18N2O. The Labute approximate surface area is 85.2 Å². The molecule has 1 atom stereocenters. The number of benzene rings is 1. The summed E-state index contributed by atoms with van der Waals surface area (Å²) >= 11 is 0. The summed E-state index contributed by atoms with van der Waals surface area (Å²) in [5, 5.41) is 9.10. The van der Waals surface area contributed by atoms with Crippen molar-refractivity contribution in [3.8, 4) is 5.75 Å². The van der Waals surface area contributed by atoms with Crippen LogP contribution in [0, 0.1) is 0 Å². The second-order valence-corrected chi connectivity index (χ2v) is 3.84. The van der Waals surface area contributed by atoms with Crippen molar-refractivity contribution < 1.29 is 5.11 Å². The predicted octanol–water partition coefficient (Wildman–Crippen LogP) is 1.17. The van der Waals surface area contributed by atoms with Gasteiger partial charge in [0, 0.05) is 19.1 Å². The first-order valence-electron chi connectivity index (χ1n) is 4.80. The third kappa shape index (κ3) is 3.77. The standard InChI is InChI=1S/C11H18N2O/c1-9(12)7-13(2)8-10-3-5-11(14)6-4-10/h3-6,9,14H,7-8,12H2,1-2H3. The number of phenols is 1. The van der Waals surface area contributed by atoms with Crippen molar-refractivity contribution in [1.82, 2.24) is 4.90 Å². The molecule has 3 heteroatoms. The maximum atomic E-state index is 9.10. The van der Waals surface area contributed by atoms with Crippen LogP contribution in [-0.4, -0.2) is 29.6 Å². The zero-order valence-electron chi connectivity index (χ0n) is 8.77. The molecule has 3 N–H and O–H groups in total. The van der Waals surface area contributed by atoms with Gasteiger partial charge in [0.1, 0.15) is 5.75 Å². The van der Waals surface area contributed by atoms with Crippen LogP contribution in [0.3, 0.4) is 0 Å². The fourth-order valence-corrected chi connectivity index (χ4v) is 1.47. The maximum Gasteiger partial charge on any atom is 0.115 e. The minimum absolute atomic E-state index is 0.192. The maximum absolute atomic E-state index is 9.10. The van der Waals surface area contributed by atoms with E-state index in [-0.39, 0.29) is 6.04 Å². The SMILES string of the molecule is CC(N)CN(C)Cc1ccc(O)cc1. The minimum atomic E-state index is 0.192. The molecule has 0 amide bonds. The third-order valence-corrected chi connectivity index (χ3v) is 1.99. The van der Waals surface area contributed by atoms with Gasteiger partial charge in [0.15, 0.2) is 0 Å². The van der Waals surface area contributed by atoms with Gasteiger partial charge in [-0.05, 0) is 31.7 Å².